The van der Waals surface area contributed by atoms with Crippen molar-refractivity contribution in [2.24, 2.45) is 0 Å². The number of hydrogen-bond acceptors (Lipinski definition) is 4. The lowest BCUT2D eigenvalue weighted by Crippen LogP contribution is -2.42. The smallest absolute Gasteiger partial charge is 0.160 e. The van der Waals surface area contributed by atoms with Gasteiger partial charge in [0.25, 0.3) is 0 Å². The predicted molar refractivity (Wildman–Crippen MR) is 65.5 cm³/mol. The van der Waals surface area contributed by atoms with Gasteiger partial charge in [0.2, 0.25) is 0 Å². The van der Waals surface area contributed by atoms with Crippen molar-refractivity contribution in [3.05, 3.63) is 23.8 Å². The minimum Gasteiger partial charge on any atom is -0.504 e. The van der Waals surface area contributed by atoms with E-state index in [0.29, 0.717) is 11.8 Å². The van der Waals surface area contributed by atoms with Gasteiger partial charge < -0.3 is 20.5 Å². The van der Waals surface area contributed by atoms with Crippen molar-refractivity contribution < 1.29 is 9.84 Å². The Morgan fingerprint density at radius 1 is 1.38 bits per heavy atom. The van der Waals surface area contributed by atoms with E-state index in [2.05, 4.69) is 10.6 Å². The van der Waals surface area contributed by atoms with Crippen molar-refractivity contribution in [3.63, 3.8) is 0 Å². The second-order valence-corrected chi connectivity index (χ2v) is 3.64. The monoisotopic (exact) mass is 244 g/mol. The Balaban J connectivity index is 0.00000128. The van der Waals surface area contributed by atoms with Crippen LogP contribution >= 0.6 is 12.4 Å². The highest BCUT2D eigenvalue weighted by atomic mass is 35.5. The lowest BCUT2D eigenvalue weighted by molar-refractivity contribution is 0.370. The van der Waals surface area contributed by atoms with E-state index >= 15 is 0 Å². The lowest BCUT2D eigenvalue weighted by atomic mass is 10.0. The van der Waals surface area contributed by atoms with Gasteiger partial charge in [0.05, 0.1) is 7.11 Å². The SMILES string of the molecule is COc1cc([C@H]2CNCCN2)ccc1O.Cl. The van der Waals surface area contributed by atoms with Gasteiger partial charge in [-0.3, -0.25) is 0 Å². The van der Waals surface area contributed by atoms with Gasteiger partial charge in [-0.05, 0) is 17.7 Å². The van der Waals surface area contributed by atoms with E-state index in [-0.39, 0.29) is 18.2 Å². The van der Waals surface area contributed by atoms with Crippen LogP contribution in [0.2, 0.25) is 0 Å². The number of aromatic hydroxyl groups is 1. The molecule has 1 fully saturated rings. The summed E-state index contributed by atoms with van der Waals surface area (Å²) in [7, 11) is 1.56. The number of piperazine rings is 1. The fourth-order valence-electron chi connectivity index (χ4n) is 1.80. The Morgan fingerprint density at radius 2 is 2.19 bits per heavy atom. The van der Waals surface area contributed by atoms with Crippen LogP contribution < -0.4 is 15.4 Å². The number of phenols is 1. The molecule has 1 heterocycles. The van der Waals surface area contributed by atoms with E-state index in [4.69, 9.17) is 4.74 Å². The highest BCUT2D eigenvalue weighted by Gasteiger charge is 2.15. The zero-order valence-electron chi connectivity index (χ0n) is 9.19. The highest BCUT2D eigenvalue weighted by Crippen LogP contribution is 2.28. The number of benzene rings is 1. The van der Waals surface area contributed by atoms with E-state index in [0.717, 1.165) is 25.2 Å². The maximum absolute atomic E-state index is 9.47. The average molecular weight is 245 g/mol. The molecule has 0 aromatic heterocycles. The summed E-state index contributed by atoms with van der Waals surface area (Å²) in [5.41, 5.74) is 1.14. The summed E-state index contributed by atoms with van der Waals surface area (Å²) in [6, 6.07) is 5.76. The molecule has 4 nitrogen and oxygen atoms in total. The van der Waals surface area contributed by atoms with Crippen LogP contribution in [0.5, 0.6) is 11.5 Å². The fourth-order valence-corrected chi connectivity index (χ4v) is 1.80. The Kier molecular flexibility index (Phi) is 4.86. The van der Waals surface area contributed by atoms with Crippen molar-refractivity contribution in [3.8, 4) is 11.5 Å². The molecule has 1 aromatic rings. The molecule has 1 aliphatic heterocycles. The van der Waals surface area contributed by atoms with Crippen LogP contribution in [0.15, 0.2) is 18.2 Å². The third-order valence-electron chi connectivity index (χ3n) is 2.65. The molecule has 0 spiro atoms. The molecule has 2 rings (SSSR count). The molecule has 90 valence electrons. The van der Waals surface area contributed by atoms with Gasteiger partial charge in [-0.2, -0.15) is 0 Å². The van der Waals surface area contributed by atoms with Gasteiger partial charge in [-0.25, -0.2) is 0 Å². The molecule has 1 aliphatic rings. The van der Waals surface area contributed by atoms with Gasteiger partial charge in [-0.1, -0.05) is 6.07 Å². The Morgan fingerprint density at radius 3 is 2.81 bits per heavy atom. The summed E-state index contributed by atoms with van der Waals surface area (Å²) in [6.45, 7) is 2.88. The normalized spacial score (nSPS) is 19.9. The van der Waals surface area contributed by atoms with Crippen LogP contribution in [-0.4, -0.2) is 31.9 Å². The molecule has 0 radical (unpaired) electrons. The van der Waals surface area contributed by atoms with Crippen molar-refractivity contribution in [2.45, 2.75) is 6.04 Å². The summed E-state index contributed by atoms with van der Waals surface area (Å²) in [6.07, 6.45) is 0. The lowest BCUT2D eigenvalue weighted by Gasteiger charge is -2.25. The van der Waals surface area contributed by atoms with Gasteiger partial charge >= 0.3 is 0 Å². The molecule has 0 aliphatic carbocycles. The maximum atomic E-state index is 9.47. The number of nitrogens with one attached hydrogen (secondary N) is 2. The minimum absolute atomic E-state index is 0. The number of halogens is 1. The molecule has 0 amide bonds. The topological polar surface area (TPSA) is 53.5 Å². The molecule has 1 atom stereocenters. The molecule has 16 heavy (non-hydrogen) atoms. The van der Waals surface area contributed by atoms with Crippen molar-refractivity contribution >= 4 is 12.4 Å². The van der Waals surface area contributed by atoms with Crippen molar-refractivity contribution in [1.82, 2.24) is 10.6 Å². The highest BCUT2D eigenvalue weighted by molar-refractivity contribution is 5.85. The molecule has 3 N–H and O–H groups in total. The van der Waals surface area contributed by atoms with Gasteiger partial charge in [0.15, 0.2) is 11.5 Å². The summed E-state index contributed by atoms with van der Waals surface area (Å²) in [5, 5.41) is 16.2. The van der Waals surface area contributed by atoms with E-state index in [1.165, 1.54) is 0 Å². The zero-order chi connectivity index (χ0) is 10.7. The first kappa shape index (κ1) is 13.1. The summed E-state index contributed by atoms with van der Waals surface area (Å²) in [4.78, 5) is 0. The zero-order valence-corrected chi connectivity index (χ0v) is 10.0. The van der Waals surface area contributed by atoms with Crippen LogP contribution in [0.3, 0.4) is 0 Å². The first-order chi connectivity index (χ1) is 7.31. The summed E-state index contributed by atoms with van der Waals surface area (Å²) >= 11 is 0. The van der Waals surface area contributed by atoms with Gasteiger partial charge in [0.1, 0.15) is 0 Å². The average Bonchev–Trinajstić information content (AvgIpc) is 2.31. The van der Waals surface area contributed by atoms with Crippen LogP contribution in [-0.2, 0) is 0 Å². The van der Waals surface area contributed by atoms with Gasteiger partial charge in [0, 0.05) is 25.7 Å². The van der Waals surface area contributed by atoms with Crippen LogP contribution in [0.4, 0.5) is 0 Å². The largest absolute Gasteiger partial charge is 0.504 e. The molecule has 0 saturated carbocycles. The molecule has 0 unspecified atom stereocenters. The summed E-state index contributed by atoms with van der Waals surface area (Å²) in [5.74, 6) is 0.713. The fraction of sp³-hybridized carbons (Fsp3) is 0.455. The molecular weight excluding hydrogens is 228 g/mol. The molecule has 0 bridgehead atoms. The Labute approximate surface area is 101 Å². The van der Waals surface area contributed by atoms with E-state index in [1.54, 1.807) is 13.2 Å². The Hall–Kier alpha value is -0.970. The number of hydrogen-bond donors (Lipinski definition) is 3. The third-order valence-corrected chi connectivity index (χ3v) is 2.65. The second-order valence-electron chi connectivity index (χ2n) is 3.64. The predicted octanol–water partition coefficient (Wildman–Crippen LogP) is 1.06. The summed E-state index contributed by atoms with van der Waals surface area (Å²) < 4.78 is 5.08. The van der Waals surface area contributed by atoms with Gasteiger partial charge in [-0.15, -0.1) is 12.4 Å². The second kappa shape index (κ2) is 5.94. The standard InChI is InChI=1S/C11H16N2O2.ClH/c1-15-11-6-8(2-3-10(11)14)9-7-12-4-5-13-9;/h2-3,6,9,12-14H,4-5,7H2,1H3;1H/t9-;/m1./s1. The maximum Gasteiger partial charge on any atom is 0.160 e. The van der Waals surface area contributed by atoms with Crippen LogP contribution in [0, 0.1) is 0 Å². The van der Waals surface area contributed by atoms with Crippen LogP contribution in [0.1, 0.15) is 11.6 Å². The van der Waals surface area contributed by atoms with E-state index in [1.807, 2.05) is 12.1 Å². The third kappa shape index (κ3) is 2.78. The van der Waals surface area contributed by atoms with Crippen LogP contribution in [0.25, 0.3) is 0 Å². The quantitative estimate of drug-likeness (QED) is 0.728. The number of ether oxygens (including phenoxy) is 1. The number of methoxy groups -OCH3 is 1. The van der Waals surface area contributed by atoms with Crippen molar-refractivity contribution in [1.29, 1.82) is 0 Å². The van der Waals surface area contributed by atoms with E-state index < -0.39 is 0 Å². The Bertz CT molecular complexity index is 341. The molecule has 1 aromatic carbocycles. The first-order valence-electron chi connectivity index (χ1n) is 5.12. The first-order valence-corrected chi connectivity index (χ1v) is 5.12. The number of phenolic OH excluding ortho intramolecular Hbond substituents is 1. The van der Waals surface area contributed by atoms with Crippen molar-refractivity contribution in [2.75, 3.05) is 26.7 Å². The molecular formula is C11H17ClN2O2. The minimum atomic E-state index is 0. The number of rotatable bonds is 2. The molecule has 1 saturated heterocycles. The molecule has 5 heteroatoms. The van der Waals surface area contributed by atoms with E-state index in [9.17, 15) is 5.11 Å².